The second kappa shape index (κ2) is 9.01. The fraction of sp³-hybridized carbons (Fsp3) is 0.158. The van der Waals surface area contributed by atoms with Crippen molar-refractivity contribution in [1.29, 1.82) is 0 Å². The van der Waals surface area contributed by atoms with Crippen LogP contribution >= 0.6 is 23.4 Å². The van der Waals surface area contributed by atoms with Gasteiger partial charge in [-0.3, -0.25) is 4.57 Å². The maximum absolute atomic E-state index is 13.8. The van der Waals surface area contributed by atoms with Gasteiger partial charge < -0.3 is 4.74 Å². The van der Waals surface area contributed by atoms with E-state index in [2.05, 4.69) is 16.8 Å². The van der Waals surface area contributed by atoms with Gasteiger partial charge in [0.05, 0.1) is 0 Å². The average molecular weight is 408 g/mol. The molecule has 1 aromatic heterocycles. The molecule has 0 bridgehead atoms. The van der Waals surface area contributed by atoms with Gasteiger partial charge in [0.25, 0.3) is 0 Å². The number of hydrogen-bond acceptors (Lipinski definition) is 4. The Bertz CT molecular complexity index is 911. The van der Waals surface area contributed by atoms with Crippen molar-refractivity contribution in [2.24, 2.45) is 0 Å². The summed E-state index contributed by atoms with van der Waals surface area (Å²) in [4.78, 5) is 0. The van der Waals surface area contributed by atoms with E-state index >= 15 is 0 Å². The van der Waals surface area contributed by atoms with Crippen molar-refractivity contribution >= 4 is 23.4 Å². The number of aromatic nitrogens is 3. The van der Waals surface area contributed by atoms with Crippen LogP contribution in [0.5, 0.6) is 5.75 Å². The van der Waals surface area contributed by atoms with Crippen molar-refractivity contribution in [3.8, 4) is 5.75 Å². The zero-order valence-electron chi connectivity index (χ0n) is 14.2. The molecule has 140 valence electrons. The molecule has 0 fully saturated rings. The van der Waals surface area contributed by atoms with Crippen molar-refractivity contribution < 1.29 is 13.5 Å². The Morgan fingerprint density at radius 2 is 1.81 bits per heavy atom. The number of nitrogens with zero attached hydrogens (tertiary/aromatic N) is 3. The van der Waals surface area contributed by atoms with E-state index in [0.29, 0.717) is 28.3 Å². The van der Waals surface area contributed by atoms with Crippen LogP contribution in [0, 0.1) is 11.6 Å². The Hall–Kier alpha value is -2.38. The van der Waals surface area contributed by atoms with Gasteiger partial charge in [-0.2, -0.15) is 0 Å². The van der Waals surface area contributed by atoms with Crippen LogP contribution in [0.1, 0.15) is 11.4 Å². The number of halogens is 3. The lowest BCUT2D eigenvalue weighted by molar-refractivity contribution is 0.289. The third-order valence-corrected chi connectivity index (χ3v) is 4.94. The predicted molar refractivity (Wildman–Crippen MR) is 102 cm³/mol. The Kier molecular flexibility index (Phi) is 6.47. The van der Waals surface area contributed by atoms with Gasteiger partial charge in [0.2, 0.25) is 0 Å². The lowest BCUT2D eigenvalue weighted by atomic mass is 10.2. The van der Waals surface area contributed by atoms with Gasteiger partial charge in [0.1, 0.15) is 24.0 Å². The average Bonchev–Trinajstić information content (AvgIpc) is 3.03. The summed E-state index contributed by atoms with van der Waals surface area (Å²) < 4.78 is 35.1. The van der Waals surface area contributed by atoms with Crippen LogP contribution in [0.2, 0.25) is 5.02 Å². The molecule has 4 nitrogen and oxygen atoms in total. The molecule has 0 aliphatic rings. The number of hydrogen-bond donors (Lipinski definition) is 0. The Morgan fingerprint density at radius 1 is 1.11 bits per heavy atom. The first-order valence-electron chi connectivity index (χ1n) is 8.05. The summed E-state index contributed by atoms with van der Waals surface area (Å²) in [7, 11) is 0. The minimum Gasteiger partial charge on any atom is -0.486 e. The summed E-state index contributed by atoms with van der Waals surface area (Å²) in [6, 6.07) is 10.8. The van der Waals surface area contributed by atoms with Crippen LogP contribution in [0.25, 0.3) is 0 Å². The molecule has 0 atom stereocenters. The van der Waals surface area contributed by atoms with Gasteiger partial charge in [0, 0.05) is 22.9 Å². The SMILES string of the molecule is C=CCn1c(COc2ccc(Cl)cc2)nnc1SCc1c(F)cccc1F. The fourth-order valence-electron chi connectivity index (χ4n) is 2.33. The third-order valence-electron chi connectivity index (χ3n) is 3.69. The van der Waals surface area contributed by atoms with Crippen molar-refractivity contribution in [2.45, 2.75) is 24.1 Å². The standard InChI is InChI=1S/C19H16ClF2N3OS/c1-2-10-25-18(11-26-14-8-6-13(20)7-9-14)23-24-19(25)27-12-15-16(21)4-3-5-17(15)22/h2-9H,1,10-12H2. The van der Waals surface area contributed by atoms with E-state index in [4.69, 9.17) is 16.3 Å². The Labute approximate surface area is 164 Å². The highest BCUT2D eigenvalue weighted by Gasteiger charge is 2.15. The van der Waals surface area contributed by atoms with E-state index in [-0.39, 0.29) is 17.9 Å². The molecule has 27 heavy (non-hydrogen) atoms. The lowest BCUT2D eigenvalue weighted by Gasteiger charge is -2.09. The van der Waals surface area contributed by atoms with Crippen LogP contribution in [0.4, 0.5) is 8.78 Å². The topological polar surface area (TPSA) is 39.9 Å². The highest BCUT2D eigenvalue weighted by atomic mass is 35.5. The number of benzene rings is 2. The Morgan fingerprint density at radius 3 is 2.48 bits per heavy atom. The summed E-state index contributed by atoms with van der Waals surface area (Å²) >= 11 is 7.06. The number of ether oxygens (including phenoxy) is 1. The molecular formula is C19H16ClF2N3OS. The molecule has 0 amide bonds. The predicted octanol–water partition coefficient (Wildman–Crippen LogP) is 5.27. The molecule has 0 saturated carbocycles. The van der Waals surface area contributed by atoms with Crippen LogP contribution < -0.4 is 4.74 Å². The second-order valence-corrected chi connectivity index (χ2v) is 6.91. The van der Waals surface area contributed by atoms with Crippen molar-refractivity contribution in [2.75, 3.05) is 0 Å². The largest absolute Gasteiger partial charge is 0.486 e. The zero-order valence-corrected chi connectivity index (χ0v) is 15.8. The van der Waals surface area contributed by atoms with Crippen LogP contribution in [-0.4, -0.2) is 14.8 Å². The van der Waals surface area contributed by atoms with Crippen LogP contribution in [0.3, 0.4) is 0 Å². The first-order chi connectivity index (χ1) is 13.1. The maximum Gasteiger partial charge on any atom is 0.191 e. The highest BCUT2D eigenvalue weighted by molar-refractivity contribution is 7.98. The number of allylic oxidation sites excluding steroid dienone is 1. The van der Waals surface area contributed by atoms with Gasteiger partial charge in [-0.15, -0.1) is 16.8 Å². The van der Waals surface area contributed by atoms with Gasteiger partial charge in [-0.1, -0.05) is 35.5 Å². The van der Waals surface area contributed by atoms with E-state index in [1.807, 2.05) is 0 Å². The molecule has 0 spiro atoms. The molecule has 3 aromatic rings. The molecule has 0 unspecified atom stereocenters. The molecule has 1 heterocycles. The van der Waals surface area contributed by atoms with Crippen LogP contribution in [-0.2, 0) is 18.9 Å². The summed E-state index contributed by atoms with van der Waals surface area (Å²) in [6.07, 6.45) is 1.70. The van der Waals surface area contributed by atoms with Crippen molar-refractivity contribution in [3.63, 3.8) is 0 Å². The lowest BCUT2D eigenvalue weighted by Crippen LogP contribution is -2.07. The molecule has 0 radical (unpaired) electrons. The molecule has 8 heteroatoms. The second-order valence-electron chi connectivity index (χ2n) is 5.53. The van der Waals surface area contributed by atoms with E-state index < -0.39 is 11.6 Å². The van der Waals surface area contributed by atoms with Gasteiger partial charge >= 0.3 is 0 Å². The minimum atomic E-state index is -0.580. The highest BCUT2D eigenvalue weighted by Crippen LogP contribution is 2.25. The number of rotatable bonds is 8. The normalized spacial score (nSPS) is 10.8. The van der Waals surface area contributed by atoms with Gasteiger partial charge in [-0.05, 0) is 36.4 Å². The zero-order chi connectivity index (χ0) is 19.2. The van der Waals surface area contributed by atoms with E-state index in [1.54, 1.807) is 34.9 Å². The summed E-state index contributed by atoms with van der Waals surface area (Å²) in [5, 5.41) is 9.40. The van der Waals surface area contributed by atoms with Crippen molar-refractivity contribution in [1.82, 2.24) is 14.8 Å². The Balaban J connectivity index is 1.72. The molecule has 0 aliphatic carbocycles. The molecule has 2 aromatic carbocycles. The van der Waals surface area contributed by atoms with E-state index in [9.17, 15) is 8.78 Å². The molecule has 0 N–H and O–H groups in total. The van der Waals surface area contributed by atoms with Gasteiger partial charge in [0.15, 0.2) is 11.0 Å². The van der Waals surface area contributed by atoms with E-state index in [0.717, 1.165) is 0 Å². The third kappa shape index (κ3) is 4.87. The minimum absolute atomic E-state index is 0.00890. The summed E-state index contributed by atoms with van der Waals surface area (Å²) in [5.74, 6) is 0.176. The molecule has 3 rings (SSSR count). The van der Waals surface area contributed by atoms with Crippen LogP contribution in [0.15, 0.2) is 60.3 Å². The quantitative estimate of drug-likeness (QED) is 0.377. The fourth-order valence-corrected chi connectivity index (χ4v) is 3.44. The first-order valence-corrected chi connectivity index (χ1v) is 9.42. The number of thioether (sulfide) groups is 1. The van der Waals surface area contributed by atoms with Gasteiger partial charge in [-0.25, -0.2) is 8.78 Å². The molecule has 0 aliphatic heterocycles. The molecular weight excluding hydrogens is 392 g/mol. The first kappa shape index (κ1) is 19.4. The smallest absolute Gasteiger partial charge is 0.191 e. The summed E-state index contributed by atoms with van der Waals surface area (Å²) in [5.41, 5.74) is 0.00890. The monoisotopic (exact) mass is 407 g/mol. The summed E-state index contributed by atoms with van der Waals surface area (Å²) in [6.45, 7) is 4.38. The maximum atomic E-state index is 13.8. The van der Waals surface area contributed by atoms with E-state index in [1.165, 1.54) is 30.0 Å². The molecule has 0 saturated heterocycles. The van der Waals surface area contributed by atoms with Crippen molar-refractivity contribution in [3.05, 3.63) is 83.2 Å².